The number of aryl methyl sites for hydroxylation is 1. The molecule has 2 amide bonds. The molecule has 0 saturated heterocycles. The Kier molecular flexibility index (Phi) is 3.76. The van der Waals surface area contributed by atoms with Crippen molar-refractivity contribution in [2.75, 3.05) is 12.8 Å². The van der Waals surface area contributed by atoms with Crippen molar-refractivity contribution in [2.24, 2.45) is 0 Å². The molecule has 7 nitrogen and oxygen atoms in total. The molecule has 3 rings (SSSR count). The van der Waals surface area contributed by atoms with Gasteiger partial charge in [-0.15, -0.1) is 0 Å². The molecule has 0 unspecified atom stereocenters. The van der Waals surface area contributed by atoms with E-state index in [0.29, 0.717) is 0 Å². The van der Waals surface area contributed by atoms with Crippen LogP contribution in [-0.2, 0) is 11.3 Å². The summed E-state index contributed by atoms with van der Waals surface area (Å²) in [7, 11) is 1.20. The lowest BCUT2D eigenvalue weighted by Gasteiger charge is -2.13. The molecule has 1 aliphatic heterocycles. The summed E-state index contributed by atoms with van der Waals surface area (Å²) in [6.07, 6.45) is 0. The Morgan fingerprint density at radius 3 is 2.42 bits per heavy atom. The Bertz CT molecular complexity index is 862. The van der Waals surface area contributed by atoms with Crippen LogP contribution in [0, 0.1) is 6.92 Å². The SMILES string of the molecule is COC(=O)c1nc(C)c2c(c1N)C(=O)N(Cc1ccccc1)C2=O. The molecule has 7 heteroatoms. The molecule has 122 valence electrons. The van der Waals surface area contributed by atoms with Crippen LogP contribution in [0.15, 0.2) is 30.3 Å². The van der Waals surface area contributed by atoms with Crippen LogP contribution < -0.4 is 5.73 Å². The summed E-state index contributed by atoms with van der Waals surface area (Å²) >= 11 is 0. The van der Waals surface area contributed by atoms with E-state index in [-0.39, 0.29) is 34.7 Å². The average molecular weight is 325 g/mol. The van der Waals surface area contributed by atoms with Gasteiger partial charge >= 0.3 is 5.97 Å². The number of ether oxygens (including phenoxy) is 1. The third-order valence-electron chi connectivity index (χ3n) is 3.90. The Morgan fingerprint density at radius 1 is 1.17 bits per heavy atom. The summed E-state index contributed by atoms with van der Waals surface area (Å²) in [5, 5.41) is 0. The molecule has 1 aromatic heterocycles. The second-order valence-corrected chi connectivity index (χ2v) is 5.38. The van der Waals surface area contributed by atoms with E-state index in [1.54, 1.807) is 6.92 Å². The normalized spacial score (nSPS) is 13.2. The number of benzene rings is 1. The second-order valence-electron chi connectivity index (χ2n) is 5.38. The number of anilines is 1. The highest BCUT2D eigenvalue weighted by Crippen LogP contribution is 2.32. The van der Waals surface area contributed by atoms with Gasteiger partial charge in [0.15, 0.2) is 5.69 Å². The van der Waals surface area contributed by atoms with E-state index in [1.165, 1.54) is 7.11 Å². The molecule has 24 heavy (non-hydrogen) atoms. The first-order chi connectivity index (χ1) is 11.5. The largest absolute Gasteiger partial charge is 0.464 e. The third kappa shape index (κ3) is 2.30. The zero-order valence-electron chi connectivity index (χ0n) is 13.2. The number of methoxy groups -OCH3 is 1. The number of rotatable bonds is 3. The maximum Gasteiger partial charge on any atom is 0.358 e. The van der Waals surface area contributed by atoms with Crippen molar-refractivity contribution in [2.45, 2.75) is 13.5 Å². The lowest BCUT2D eigenvalue weighted by Crippen LogP contribution is -2.29. The number of nitrogens with zero attached hydrogens (tertiary/aromatic N) is 2. The van der Waals surface area contributed by atoms with Crippen LogP contribution in [0.2, 0.25) is 0 Å². The number of fused-ring (bicyclic) bond motifs is 1. The number of carbonyl (C=O) groups is 3. The molecule has 2 heterocycles. The smallest absolute Gasteiger partial charge is 0.358 e. The number of esters is 1. The van der Waals surface area contributed by atoms with E-state index in [1.807, 2.05) is 30.3 Å². The van der Waals surface area contributed by atoms with Crippen LogP contribution >= 0.6 is 0 Å². The fourth-order valence-electron chi connectivity index (χ4n) is 2.73. The zero-order valence-corrected chi connectivity index (χ0v) is 13.2. The molecule has 2 N–H and O–H groups in total. The van der Waals surface area contributed by atoms with Gasteiger partial charge in [-0.25, -0.2) is 9.78 Å². The van der Waals surface area contributed by atoms with Crippen molar-refractivity contribution >= 4 is 23.5 Å². The number of amides is 2. The van der Waals surface area contributed by atoms with Gasteiger partial charge in [-0.2, -0.15) is 0 Å². The van der Waals surface area contributed by atoms with Gasteiger partial charge in [0.05, 0.1) is 36.2 Å². The highest BCUT2D eigenvalue weighted by molar-refractivity contribution is 6.25. The molecule has 0 saturated carbocycles. The molecule has 0 spiro atoms. The number of imide groups is 1. The maximum atomic E-state index is 12.7. The molecule has 0 aliphatic carbocycles. The lowest BCUT2D eigenvalue weighted by atomic mass is 10.1. The second kappa shape index (κ2) is 5.77. The number of nitrogen functional groups attached to an aromatic ring is 1. The summed E-state index contributed by atoms with van der Waals surface area (Å²) < 4.78 is 4.63. The number of carbonyl (C=O) groups excluding carboxylic acids is 3. The Hall–Kier alpha value is -3.22. The van der Waals surface area contributed by atoms with E-state index < -0.39 is 17.8 Å². The highest BCUT2D eigenvalue weighted by atomic mass is 16.5. The van der Waals surface area contributed by atoms with Gasteiger partial charge in [-0.3, -0.25) is 14.5 Å². The monoisotopic (exact) mass is 325 g/mol. The average Bonchev–Trinajstić information content (AvgIpc) is 2.84. The summed E-state index contributed by atoms with van der Waals surface area (Å²) in [6, 6.07) is 9.13. The van der Waals surface area contributed by atoms with E-state index in [4.69, 9.17) is 5.73 Å². The molecule has 0 bridgehead atoms. The first kappa shape index (κ1) is 15.7. The fourth-order valence-corrected chi connectivity index (χ4v) is 2.73. The molecule has 0 fully saturated rings. The van der Waals surface area contributed by atoms with Gasteiger partial charge < -0.3 is 10.5 Å². The van der Waals surface area contributed by atoms with Crippen LogP contribution in [0.3, 0.4) is 0 Å². The maximum absolute atomic E-state index is 12.7. The van der Waals surface area contributed by atoms with Crippen molar-refractivity contribution in [1.82, 2.24) is 9.88 Å². The van der Waals surface area contributed by atoms with Crippen molar-refractivity contribution in [3.05, 3.63) is 58.4 Å². The molecule has 2 aromatic rings. The topological polar surface area (TPSA) is 103 Å². The minimum absolute atomic E-state index is 0.0174. The zero-order chi connectivity index (χ0) is 17.4. The standard InChI is InChI=1S/C17H15N3O4/c1-9-11-12(13(18)14(19-9)17(23)24-2)16(22)20(15(11)21)8-10-6-4-3-5-7-10/h3-7H,8,18H2,1-2H3. The molecule has 1 aromatic carbocycles. The van der Waals surface area contributed by atoms with Crippen molar-refractivity contribution < 1.29 is 19.1 Å². The highest BCUT2D eigenvalue weighted by Gasteiger charge is 2.40. The molecule has 1 aliphatic rings. The minimum atomic E-state index is -0.750. The Morgan fingerprint density at radius 2 is 1.79 bits per heavy atom. The van der Waals surface area contributed by atoms with E-state index >= 15 is 0 Å². The summed E-state index contributed by atoms with van der Waals surface area (Å²) in [5.74, 6) is -1.75. The van der Waals surface area contributed by atoms with Crippen LogP contribution in [0.1, 0.15) is 42.5 Å². The van der Waals surface area contributed by atoms with Gasteiger partial charge in [0, 0.05) is 0 Å². The van der Waals surface area contributed by atoms with Crippen LogP contribution in [0.25, 0.3) is 0 Å². The fraction of sp³-hybridized carbons (Fsp3) is 0.176. The van der Waals surface area contributed by atoms with Gasteiger partial charge in [-0.05, 0) is 12.5 Å². The Labute approximate surface area is 138 Å². The van der Waals surface area contributed by atoms with Crippen molar-refractivity contribution in [3.8, 4) is 0 Å². The Balaban J connectivity index is 2.07. The van der Waals surface area contributed by atoms with E-state index in [0.717, 1.165) is 10.5 Å². The molecule has 0 atom stereocenters. The van der Waals surface area contributed by atoms with E-state index in [9.17, 15) is 14.4 Å². The third-order valence-corrected chi connectivity index (χ3v) is 3.90. The van der Waals surface area contributed by atoms with Gasteiger partial charge in [0.1, 0.15) is 0 Å². The summed E-state index contributed by atoms with van der Waals surface area (Å²) in [4.78, 5) is 42.2. The minimum Gasteiger partial charge on any atom is -0.464 e. The van der Waals surface area contributed by atoms with Gasteiger partial charge in [0.2, 0.25) is 0 Å². The van der Waals surface area contributed by atoms with Crippen LogP contribution in [-0.4, -0.2) is 34.8 Å². The van der Waals surface area contributed by atoms with Crippen molar-refractivity contribution in [1.29, 1.82) is 0 Å². The summed E-state index contributed by atoms with van der Waals surface area (Å²) in [6.45, 7) is 1.68. The van der Waals surface area contributed by atoms with Crippen LogP contribution in [0.4, 0.5) is 5.69 Å². The first-order valence-electron chi connectivity index (χ1n) is 7.24. The van der Waals surface area contributed by atoms with Crippen LogP contribution in [0.5, 0.6) is 0 Å². The number of nitrogens with two attached hydrogens (primary N) is 1. The van der Waals surface area contributed by atoms with E-state index in [2.05, 4.69) is 9.72 Å². The quantitative estimate of drug-likeness (QED) is 0.678. The first-order valence-corrected chi connectivity index (χ1v) is 7.24. The number of aromatic nitrogens is 1. The number of pyridine rings is 1. The molecule has 0 radical (unpaired) electrons. The van der Waals surface area contributed by atoms with Gasteiger partial charge in [0.25, 0.3) is 11.8 Å². The summed E-state index contributed by atoms with van der Waals surface area (Å²) in [5.41, 5.74) is 6.88. The van der Waals surface area contributed by atoms with Crippen molar-refractivity contribution in [3.63, 3.8) is 0 Å². The van der Waals surface area contributed by atoms with Gasteiger partial charge in [-0.1, -0.05) is 30.3 Å². The number of hydrogen-bond donors (Lipinski definition) is 1. The lowest BCUT2D eigenvalue weighted by molar-refractivity contribution is 0.0593. The molecular weight excluding hydrogens is 310 g/mol. The number of hydrogen-bond acceptors (Lipinski definition) is 6. The predicted molar refractivity (Wildman–Crippen MR) is 85.4 cm³/mol. The molecular formula is C17H15N3O4. The predicted octanol–water partition coefficient (Wildman–Crippen LogP) is 1.56.